The fraction of sp³-hybridized carbons (Fsp3) is 0.0909. The second kappa shape index (κ2) is 5.27. The van der Waals surface area contributed by atoms with Crippen molar-refractivity contribution in [2.75, 3.05) is 5.43 Å². The molecule has 0 amide bonds. The molecule has 8 heteroatoms. The highest BCUT2D eigenvalue weighted by molar-refractivity contribution is 5.48. The van der Waals surface area contributed by atoms with Crippen molar-refractivity contribution in [3.63, 3.8) is 0 Å². The number of aryl methyl sites for hydroxylation is 1. The van der Waals surface area contributed by atoms with E-state index in [4.69, 9.17) is 10.6 Å². The highest BCUT2D eigenvalue weighted by Crippen LogP contribution is 2.30. The molecule has 0 aliphatic carbocycles. The first-order valence-electron chi connectivity index (χ1n) is 5.33. The molecular formula is C11H11N5O3. The Hall–Kier alpha value is -2.74. The van der Waals surface area contributed by atoms with Crippen LogP contribution in [-0.4, -0.2) is 14.9 Å². The third-order valence-electron chi connectivity index (χ3n) is 2.24. The van der Waals surface area contributed by atoms with Crippen molar-refractivity contribution in [3.8, 4) is 11.6 Å². The first-order chi connectivity index (χ1) is 9.10. The summed E-state index contributed by atoms with van der Waals surface area (Å²) >= 11 is 0. The Bertz CT molecular complexity index is 617. The molecule has 0 radical (unpaired) electrons. The third kappa shape index (κ3) is 2.93. The van der Waals surface area contributed by atoms with E-state index in [1.807, 2.05) is 0 Å². The topological polar surface area (TPSA) is 116 Å². The van der Waals surface area contributed by atoms with Gasteiger partial charge in [0.05, 0.1) is 4.92 Å². The van der Waals surface area contributed by atoms with Gasteiger partial charge in [-0.3, -0.25) is 10.1 Å². The molecular weight excluding hydrogens is 250 g/mol. The quantitative estimate of drug-likeness (QED) is 0.489. The van der Waals surface area contributed by atoms with Crippen LogP contribution in [0.5, 0.6) is 11.6 Å². The molecule has 2 aromatic rings. The summed E-state index contributed by atoms with van der Waals surface area (Å²) in [7, 11) is 0. The van der Waals surface area contributed by atoms with E-state index in [1.165, 1.54) is 18.2 Å². The van der Waals surface area contributed by atoms with Crippen LogP contribution in [0.25, 0.3) is 0 Å². The molecule has 0 aliphatic rings. The molecule has 0 saturated heterocycles. The Balaban J connectivity index is 2.36. The van der Waals surface area contributed by atoms with Crippen LogP contribution in [0.3, 0.4) is 0 Å². The van der Waals surface area contributed by atoms with E-state index in [2.05, 4.69) is 15.4 Å². The van der Waals surface area contributed by atoms with Crippen LogP contribution >= 0.6 is 0 Å². The third-order valence-corrected chi connectivity index (χ3v) is 2.24. The molecule has 0 atom stereocenters. The van der Waals surface area contributed by atoms with Gasteiger partial charge < -0.3 is 10.2 Å². The molecule has 2 rings (SSSR count). The van der Waals surface area contributed by atoms with E-state index in [0.717, 1.165) is 0 Å². The highest BCUT2D eigenvalue weighted by atomic mass is 16.6. The molecule has 98 valence electrons. The minimum Gasteiger partial charge on any atom is -0.432 e. The van der Waals surface area contributed by atoms with Gasteiger partial charge in [0.15, 0.2) is 0 Å². The second-order valence-corrected chi connectivity index (χ2v) is 3.61. The van der Waals surface area contributed by atoms with Crippen molar-refractivity contribution < 1.29 is 9.66 Å². The number of nitrogens with zero attached hydrogens (tertiary/aromatic N) is 3. The Morgan fingerprint density at radius 3 is 2.79 bits per heavy atom. The van der Waals surface area contributed by atoms with Crippen molar-refractivity contribution in [3.05, 3.63) is 46.3 Å². The molecule has 3 N–H and O–H groups in total. The van der Waals surface area contributed by atoms with Crippen molar-refractivity contribution >= 4 is 11.5 Å². The normalized spacial score (nSPS) is 10.0. The summed E-state index contributed by atoms with van der Waals surface area (Å²) in [4.78, 5) is 18.4. The smallest absolute Gasteiger partial charge is 0.311 e. The van der Waals surface area contributed by atoms with Crippen LogP contribution in [-0.2, 0) is 0 Å². The molecule has 1 heterocycles. The molecule has 1 aromatic carbocycles. The minimum atomic E-state index is -0.522. The Morgan fingerprint density at radius 2 is 2.11 bits per heavy atom. The lowest BCUT2D eigenvalue weighted by Gasteiger charge is -2.07. The maximum Gasteiger partial charge on any atom is 0.311 e. The van der Waals surface area contributed by atoms with Crippen molar-refractivity contribution in [1.82, 2.24) is 9.97 Å². The largest absolute Gasteiger partial charge is 0.432 e. The molecule has 0 saturated carbocycles. The van der Waals surface area contributed by atoms with Crippen LogP contribution in [0.15, 0.2) is 30.3 Å². The number of nitro groups is 1. The maximum atomic E-state index is 10.9. The highest BCUT2D eigenvalue weighted by Gasteiger charge is 2.15. The molecule has 0 bridgehead atoms. The number of nitro benzene ring substituents is 1. The first-order valence-corrected chi connectivity index (χ1v) is 5.33. The van der Waals surface area contributed by atoms with Crippen LogP contribution in [0.1, 0.15) is 5.82 Å². The number of anilines is 1. The van der Waals surface area contributed by atoms with Gasteiger partial charge in [0.1, 0.15) is 11.6 Å². The fourth-order valence-corrected chi connectivity index (χ4v) is 1.47. The Morgan fingerprint density at radius 1 is 1.37 bits per heavy atom. The summed E-state index contributed by atoms with van der Waals surface area (Å²) in [6.07, 6.45) is 0. The Labute approximate surface area is 108 Å². The second-order valence-electron chi connectivity index (χ2n) is 3.61. The summed E-state index contributed by atoms with van der Waals surface area (Å²) < 4.78 is 5.41. The van der Waals surface area contributed by atoms with Gasteiger partial charge in [-0.15, -0.1) is 0 Å². The van der Waals surface area contributed by atoms with Gasteiger partial charge in [-0.05, 0) is 13.0 Å². The SMILES string of the molecule is Cc1nc(NN)cc(Oc2ccccc2[N+](=O)[O-])n1. The van der Waals surface area contributed by atoms with Gasteiger partial charge in [-0.25, -0.2) is 10.8 Å². The molecule has 8 nitrogen and oxygen atoms in total. The fourth-order valence-electron chi connectivity index (χ4n) is 1.47. The predicted molar refractivity (Wildman–Crippen MR) is 67.7 cm³/mol. The van der Waals surface area contributed by atoms with Crippen molar-refractivity contribution in [2.45, 2.75) is 6.92 Å². The Kier molecular flexibility index (Phi) is 3.53. The van der Waals surface area contributed by atoms with Crippen LogP contribution in [0, 0.1) is 17.0 Å². The number of para-hydroxylation sites is 2. The molecule has 1 aromatic heterocycles. The van der Waals surface area contributed by atoms with Gasteiger partial charge in [0.2, 0.25) is 11.6 Å². The maximum absolute atomic E-state index is 10.9. The number of hydrogen-bond acceptors (Lipinski definition) is 7. The van der Waals surface area contributed by atoms with Crippen LogP contribution in [0.2, 0.25) is 0 Å². The van der Waals surface area contributed by atoms with E-state index in [0.29, 0.717) is 11.6 Å². The standard InChI is InChI=1S/C11H11N5O3/c1-7-13-10(15-12)6-11(14-7)19-9-5-3-2-4-8(9)16(17)18/h2-6H,12H2,1H3,(H,13,14,15). The lowest BCUT2D eigenvalue weighted by Crippen LogP contribution is -2.10. The summed E-state index contributed by atoms with van der Waals surface area (Å²) in [5, 5.41) is 10.9. The van der Waals surface area contributed by atoms with Crippen LogP contribution < -0.4 is 16.0 Å². The van der Waals surface area contributed by atoms with Crippen molar-refractivity contribution in [1.29, 1.82) is 0 Å². The number of ether oxygens (including phenoxy) is 1. The zero-order valence-electron chi connectivity index (χ0n) is 10.0. The predicted octanol–water partition coefficient (Wildman–Crippen LogP) is 1.77. The zero-order valence-corrected chi connectivity index (χ0v) is 10.0. The molecule has 0 unspecified atom stereocenters. The van der Waals surface area contributed by atoms with Crippen molar-refractivity contribution in [2.24, 2.45) is 5.84 Å². The van der Waals surface area contributed by atoms with Gasteiger partial charge >= 0.3 is 5.69 Å². The van der Waals surface area contributed by atoms with Gasteiger partial charge in [0.25, 0.3) is 0 Å². The number of benzene rings is 1. The van der Waals surface area contributed by atoms with E-state index in [-0.39, 0.29) is 17.3 Å². The average molecular weight is 261 g/mol. The summed E-state index contributed by atoms with van der Waals surface area (Å²) in [5.41, 5.74) is 2.23. The van der Waals surface area contributed by atoms with E-state index < -0.39 is 4.92 Å². The number of aromatic nitrogens is 2. The monoisotopic (exact) mass is 261 g/mol. The minimum absolute atomic E-state index is 0.105. The molecule has 0 aliphatic heterocycles. The average Bonchev–Trinajstić information content (AvgIpc) is 2.38. The summed E-state index contributed by atoms with van der Waals surface area (Å²) in [6, 6.07) is 7.49. The first kappa shape index (κ1) is 12.7. The number of hydrazine groups is 1. The number of rotatable bonds is 4. The summed E-state index contributed by atoms with van der Waals surface area (Å²) in [5.74, 6) is 6.33. The van der Waals surface area contributed by atoms with E-state index in [9.17, 15) is 10.1 Å². The van der Waals surface area contributed by atoms with Gasteiger partial charge in [-0.1, -0.05) is 12.1 Å². The number of nitrogens with one attached hydrogen (secondary N) is 1. The number of hydrogen-bond donors (Lipinski definition) is 2. The number of nitrogen functional groups attached to an aromatic ring is 1. The zero-order chi connectivity index (χ0) is 13.8. The molecule has 0 fully saturated rings. The van der Waals surface area contributed by atoms with Crippen LogP contribution in [0.4, 0.5) is 11.5 Å². The van der Waals surface area contributed by atoms with Gasteiger partial charge in [-0.2, -0.15) is 4.98 Å². The molecule has 19 heavy (non-hydrogen) atoms. The summed E-state index contributed by atoms with van der Waals surface area (Å²) in [6.45, 7) is 1.66. The van der Waals surface area contributed by atoms with E-state index in [1.54, 1.807) is 19.1 Å². The lowest BCUT2D eigenvalue weighted by molar-refractivity contribution is -0.385. The molecule has 0 spiro atoms. The number of nitrogens with two attached hydrogens (primary N) is 1. The van der Waals surface area contributed by atoms with E-state index >= 15 is 0 Å². The lowest BCUT2D eigenvalue weighted by atomic mass is 10.3. The van der Waals surface area contributed by atoms with Gasteiger partial charge in [0, 0.05) is 12.1 Å².